The van der Waals surface area contributed by atoms with Gasteiger partial charge in [0.05, 0.1) is 12.4 Å². The number of primary amides is 1. The molecule has 1 aliphatic heterocycles. The molecular weight excluding hydrogens is 464 g/mol. The van der Waals surface area contributed by atoms with Gasteiger partial charge in [-0.05, 0) is 61.1 Å². The molecule has 2 aromatic heterocycles. The second kappa shape index (κ2) is 11.4. The molecule has 0 spiro atoms. The van der Waals surface area contributed by atoms with Crippen molar-refractivity contribution in [2.45, 2.75) is 56.7 Å². The van der Waals surface area contributed by atoms with Crippen LogP contribution in [0.25, 0.3) is 11.1 Å². The van der Waals surface area contributed by atoms with E-state index in [9.17, 15) is 4.79 Å². The molecule has 9 heteroatoms. The first kappa shape index (κ1) is 24.7. The molecule has 0 bridgehead atoms. The number of pyridine rings is 1. The number of rotatable bonds is 7. The van der Waals surface area contributed by atoms with Crippen LogP contribution in [0.2, 0.25) is 0 Å². The summed E-state index contributed by atoms with van der Waals surface area (Å²) >= 11 is 0. The van der Waals surface area contributed by atoms with Gasteiger partial charge in [0, 0.05) is 43.0 Å². The third-order valence-electron chi connectivity index (χ3n) is 7.29. The van der Waals surface area contributed by atoms with Crippen LogP contribution in [0.3, 0.4) is 0 Å². The largest absolute Gasteiger partial charge is 0.366 e. The van der Waals surface area contributed by atoms with E-state index in [4.69, 9.17) is 11.0 Å². The molecule has 3 heterocycles. The highest BCUT2D eigenvalue weighted by Gasteiger charge is 2.30. The van der Waals surface area contributed by atoms with Crippen molar-refractivity contribution < 1.29 is 4.79 Å². The third-order valence-corrected chi connectivity index (χ3v) is 7.29. The Morgan fingerprint density at radius 3 is 2.62 bits per heavy atom. The predicted octanol–water partition coefficient (Wildman–Crippen LogP) is 3.49. The van der Waals surface area contributed by atoms with Crippen LogP contribution in [0.5, 0.6) is 0 Å². The molecule has 4 N–H and O–H groups in total. The highest BCUT2D eigenvalue weighted by atomic mass is 16.1. The van der Waals surface area contributed by atoms with Gasteiger partial charge in [-0.3, -0.25) is 4.79 Å². The van der Waals surface area contributed by atoms with Gasteiger partial charge >= 0.3 is 0 Å². The average Bonchev–Trinajstić information content (AvgIpc) is 2.94. The summed E-state index contributed by atoms with van der Waals surface area (Å²) in [6.45, 7) is 1.81. The van der Waals surface area contributed by atoms with Gasteiger partial charge in [0.1, 0.15) is 17.7 Å². The Hall–Kier alpha value is -4.03. The molecule has 1 aromatic carbocycles. The topological polar surface area (TPSA) is 133 Å². The van der Waals surface area contributed by atoms with Gasteiger partial charge < -0.3 is 21.3 Å². The maximum atomic E-state index is 11.6. The zero-order valence-corrected chi connectivity index (χ0v) is 20.8. The summed E-state index contributed by atoms with van der Waals surface area (Å²) in [5.74, 6) is 1.22. The molecule has 0 radical (unpaired) electrons. The van der Waals surface area contributed by atoms with E-state index < -0.39 is 5.91 Å². The van der Waals surface area contributed by atoms with Gasteiger partial charge in [-0.25, -0.2) is 15.0 Å². The van der Waals surface area contributed by atoms with E-state index in [1.807, 2.05) is 36.4 Å². The van der Waals surface area contributed by atoms with Crippen molar-refractivity contribution in [2.24, 2.45) is 5.73 Å². The first-order valence-electron chi connectivity index (χ1n) is 12.9. The highest BCUT2D eigenvalue weighted by Crippen LogP contribution is 2.27. The maximum Gasteiger partial charge on any atom is 0.248 e. The van der Waals surface area contributed by atoms with Crippen LogP contribution >= 0.6 is 0 Å². The Labute approximate surface area is 217 Å². The number of carbonyl (C=O) groups excluding carboxylic acids is 1. The van der Waals surface area contributed by atoms with Crippen molar-refractivity contribution in [3.05, 3.63) is 66.2 Å². The molecule has 5 rings (SSSR count). The fraction of sp³-hybridized carbons (Fsp3) is 0.393. The standard InChI is InChI=1S/C28H32N8O/c29-15-23-16-33-27(17-32-23)36-12-4-7-22(18-36)34-24-8-1-2-9-25(24)35-26-14-20(10-11-31-26)19-5-3-6-21(13-19)28(30)37/h3,5-6,10-11,13-14,16-17,22,24-25,34H,1-2,4,7-9,12,18H2,(H2,30,37)(H,31,35)/t22-,24+,25+/m0/s1. The number of nitrogens with zero attached hydrogens (tertiary/aromatic N) is 5. The Morgan fingerprint density at radius 2 is 1.84 bits per heavy atom. The highest BCUT2D eigenvalue weighted by molar-refractivity contribution is 5.94. The molecule has 1 saturated heterocycles. The number of anilines is 2. The summed E-state index contributed by atoms with van der Waals surface area (Å²) < 4.78 is 0. The summed E-state index contributed by atoms with van der Waals surface area (Å²) in [5.41, 5.74) is 8.23. The summed E-state index contributed by atoms with van der Waals surface area (Å²) in [4.78, 5) is 27.1. The molecule has 1 aliphatic carbocycles. The Morgan fingerprint density at radius 1 is 1.00 bits per heavy atom. The second-order valence-electron chi connectivity index (χ2n) is 9.84. The first-order chi connectivity index (χ1) is 18.1. The van der Waals surface area contributed by atoms with Crippen LogP contribution in [0.1, 0.15) is 54.6 Å². The van der Waals surface area contributed by atoms with Crippen molar-refractivity contribution in [3.8, 4) is 17.2 Å². The van der Waals surface area contributed by atoms with E-state index >= 15 is 0 Å². The minimum Gasteiger partial charge on any atom is -0.366 e. The number of nitriles is 1. The molecule has 190 valence electrons. The van der Waals surface area contributed by atoms with E-state index in [1.165, 1.54) is 12.8 Å². The van der Waals surface area contributed by atoms with Gasteiger partial charge in [-0.15, -0.1) is 0 Å². The lowest BCUT2D eigenvalue weighted by molar-refractivity contribution is 0.100. The Balaban J connectivity index is 1.25. The number of hydrogen-bond donors (Lipinski definition) is 3. The predicted molar refractivity (Wildman–Crippen MR) is 143 cm³/mol. The van der Waals surface area contributed by atoms with Gasteiger partial charge in [0.2, 0.25) is 5.91 Å². The third kappa shape index (κ3) is 6.04. The van der Waals surface area contributed by atoms with E-state index in [1.54, 1.807) is 24.7 Å². The van der Waals surface area contributed by atoms with Crippen molar-refractivity contribution in [1.82, 2.24) is 20.3 Å². The van der Waals surface area contributed by atoms with Gasteiger partial charge in [-0.1, -0.05) is 25.0 Å². The van der Waals surface area contributed by atoms with Crippen molar-refractivity contribution in [2.75, 3.05) is 23.3 Å². The number of piperidine rings is 1. The summed E-state index contributed by atoms with van der Waals surface area (Å²) in [5, 5.41) is 16.6. The minimum absolute atomic E-state index is 0.276. The molecule has 1 saturated carbocycles. The molecule has 2 fully saturated rings. The van der Waals surface area contributed by atoms with Crippen LogP contribution in [0, 0.1) is 11.3 Å². The average molecular weight is 497 g/mol. The molecule has 2 aliphatic rings. The maximum absolute atomic E-state index is 11.6. The van der Waals surface area contributed by atoms with Crippen LogP contribution in [-0.2, 0) is 0 Å². The molecule has 37 heavy (non-hydrogen) atoms. The molecule has 1 amide bonds. The quantitative estimate of drug-likeness (QED) is 0.453. The lowest BCUT2D eigenvalue weighted by Crippen LogP contribution is -2.55. The molecular formula is C28H32N8O. The number of nitrogens with two attached hydrogens (primary N) is 1. The number of benzene rings is 1. The number of carbonyl (C=O) groups is 1. The second-order valence-corrected chi connectivity index (χ2v) is 9.84. The monoisotopic (exact) mass is 496 g/mol. The first-order valence-corrected chi connectivity index (χ1v) is 12.9. The van der Waals surface area contributed by atoms with E-state index in [2.05, 4.69) is 30.5 Å². The van der Waals surface area contributed by atoms with Gasteiger partial charge in [0.25, 0.3) is 0 Å². The number of hydrogen-bond acceptors (Lipinski definition) is 8. The smallest absolute Gasteiger partial charge is 0.248 e. The summed E-state index contributed by atoms with van der Waals surface area (Å²) in [7, 11) is 0. The van der Waals surface area contributed by atoms with Gasteiger partial charge in [0.15, 0.2) is 5.69 Å². The van der Waals surface area contributed by atoms with E-state index in [0.29, 0.717) is 23.3 Å². The van der Waals surface area contributed by atoms with Crippen molar-refractivity contribution >= 4 is 17.5 Å². The van der Waals surface area contributed by atoms with Crippen molar-refractivity contribution in [3.63, 3.8) is 0 Å². The normalized spacial score (nSPS) is 21.7. The minimum atomic E-state index is -0.433. The summed E-state index contributed by atoms with van der Waals surface area (Å²) in [6.07, 6.45) is 11.8. The Kier molecular flexibility index (Phi) is 7.57. The lowest BCUT2D eigenvalue weighted by Gasteiger charge is -2.40. The van der Waals surface area contributed by atoms with Gasteiger partial charge in [-0.2, -0.15) is 5.26 Å². The summed E-state index contributed by atoms with van der Waals surface area (Å²) in [6, 6.07) is 14.4. The molecule has 3 atom stereocenters. The van der Waals surface area contributed by atoms with Crippen LogP contribution in [0.4, 0.5) is 11.6 Å². The van der Waals surface area contributed by atoms with Crippen LogP contribution < -0.4 is 21.3 Å². The number of nitrogens with one attached hydrogen (secondary N) is 2. The fourth-order valence-electron chi connectivity index (χ4n) is 5.40. The zero-order valence-electron chi connectivity index (χ0n) is 20.8. The molecule has 3 aromatic rings. The van der Waals surface area contributed by atoms with E-state index in [-0.39, 0.29) is 6.04 Å². The number of amides is 1. The van der Waals surface area contributed by atoms with Crippen LogP contribution in [-0.4, -0.2) is 52.1 Å². The fourth-order valence-corrected chi connectivity index (χ4v) is 5.40. The number of aromatic nitrogens is 3. The molecule has 9 nitrogen and oxygen atoms in total. The molecule has 0 unspecified atom stereocenters. The Bertz CT molecular complexity index is 1270. The zero-order chi connectivity index (χ0) is 25.6. The van der Waals surface area contributed by atoms with Crippen LogP contribution in [0.15, 0.2) is 55.0 Å². The van der Waals surface area contributed by atoms with Crippen molar-refractivity contribution in [1.29, 1.82) is 5.26 Å². The SMILES string of the molecule is N#Cc1cnc(N2CCC[C@H](N[C@@H]3CCCC[C@H]3Nc3cc(-c4cccc(C(N)=O)c4)ccn3)C2)cn1. The lowest BCUT2D eigenvalue weighted by atomic mass is 9.89. The van der Waals surface area contributed by atoms with E-state index in [0.717, 1.165) is 61.5 Å².